The highest BCUT2D eigenvalue weighted by Crippen LogP contribution is 2.30. The summed E-state index contributed by atoms with van der Waals surface area (Å²) < 4.78 is 0. The fraction of sp³-hybridized carbons (Fsp3) is 0.214. The Labute approximate surface area is 130 Å². The van der Waals surface area contributed by atoms with Gasteiger partial charge in [-0.3, -0.25) is 0 Å². The van der Waals surface area contributed by atoms with Crippen molar-refractivity contribution in [1.29, 1.82) is 0 Å². The van der Waals surface area contributed by atoms with Crippen molar-refractivity contribution in [2.45, 2.75) is 18.9 Å². The molecule has 4 rings (SSSR count). The van der Waals surface area contributed by atoms with Gasteiger partial charge in [0.25, 0.3) is 0 Å². The van der Waals surface area contributed by atoms with Gasteiger partial charge >= 0.3 is 0 Å². The molecule has 1 aliphatic rings. The van der Waals surface area contributed by atoms with Crippen molar-refractivity contribution in [3.8, 4) is 11.5 Å². The molecule has 21 heavy (non-hydrogen) atoms. The number of para-hydroxylation sites is 2. The van der Waals surface area contributed by atoms with Crippen LogP contribution in [0.25, 0.3) is 22.6 Å². The van der Waals surface area contributed by atoms with Crippen LogP contribution in [0.2, 0.25) is 0 Å². The number of thiocarbonyl (C=S) groups is 1. The van der Waals surface area contributed by atoms with Crippen LogP contribution >= 0.6 is 23.6 Å². The van der Waals surface area contributed by atoms with E-state index in [-0.39, 0.29) is 0 Å². The van der Waals surface area contributed by atoms with Crippen molar-refractivity contribution >= 4 is 44.7 Å². The summed E-state index contributed by atoms with van der Waals surface area (Å²) in [5, 5.41) is 8.05. The zero-order valence-corrected chi connectivity index (χ0v) is 12.7. The lowest BCUT2D eigenvalue weighted by molar-refractivity contribution is 0.919. The first kappa shape index (κ1) is 12.7. The molecule has 7 heteroatoms. The topological polar surface area (TPSA) is 65.6 Å². The Hall–Kier alpha value is -1.99. The maximum atomic E-state index is 5.32. The number of nitrogens with one attached hydrogen (secondary N) is 3. The molecule has 2 aromatic heterocycles. The molecule has 1 aromatic carbocycles. The van der Waals surface area contributed by atoms with E-state index in [0.29, 0.717) is 11.2 Å². The molecule has 0 radical (unpaired) electrons. The van der Waals surface area contributed by atoms with Crippen LogP contribution in [0.3, 0.4) is 0 Å². The first-order valence-corrected chi connectivity index (χ1v) is 8.04. The zero-order valence-electron chi connectivity index (χ0n) is 11.1. The molecule has 3 N–H and O–H groups in total. The van der Waals surface area contributed by atoms with E-state index in [1.165, 1.54) is 24.2 Å². The van der Waals surface area contributed by atoms with Gasteiger partial charge < -0.3 is 15.6 Å². The van der Waals surface area contributed by atoms with Crippen molar-refractivity contribution in [1.82, 2.24) is 20.3 Å². The molecule has 1 saturated carbocycles. The van der Waals surface area contributed by atoms with E-state index in [4.69, 9.17) is 12.2 Å². The third-order valence-corrected chi connectivity index (χ3v) is 4.28. The van der Waals surface area contributed by atoms with Gasteiger partial charge in [-0.15, -0.1) is 11.3 Å². The summed E-state index contributed by atoms with van der Waals surface area (Å²) in [5.74, 6) is 0.758. The molecule has 2 heterocycles. The minimum absolute atomic E-state index is 0.535. The number of H-pyrrole nitrogens is 1. The fourth-order valence-electron chi connectivity index (χ4n) is 2.12. The molecule has 0 aliphatic heterocycles. The first-order valence-electron chi connectivity index (χ1n) is 6.76. The Balaban J connectivity index is 1.62. The third kappa shape index (κ3) is 2.62. The zero-order chi connectivity index (χ0) is 14.2. The van der Waals surface area contributed by atoms with Crippen molar-refractivity contribution in [3.63, 3.8) is 0 Å². The first-order chi connectivity index (χ1) is 10.3. The normalized spacial score (nSPS) is 14.3. The highest BCUT2D eigenvalue weighted by molar-refractivity contribution is 7.80. The number of aromatic amines is 1. The average molecular weight is 315 g/mol. The number of fused-ring (bicyclic) bond motifs is 1. The molecule has 3 aromatic rings. The van der Waals surface area contributed by atoms with Gasteiger partial charge in [0.05, 0.1) is 16.5 Å². The number of imidazole rings is 1. The number of benzene rings is 1. The minimum atomic E-state index is 0.535. The van der Waals surface area contributed by atoms with E-state index in [1.54, 1.807) is 5.51 Å². The van der Waals surface area contributed by atoms with Crippen LogP contribution in [-0.4, -0.2) is 26.1 Å². The Morgan fingerprint density at radius 2 is 2.19 bits per heavy atom. The van der Waals surface area contributed by atoms with E-state index >= 15 is 0 Å². The summed E-state index contributed by atoms with van der Waals surface area (Å²) in [6, 6.07) is 8.48. The lowest BCUT2D eigenvalue weighted by Gasteiger charge is -2.08. The molecule has 0 spiro atoms. The molecule has 106 valence electrons. The van der Waals surface area contributed by atoms with Gasteiger partial charge in [-0.2, -0.15) is 0 Å². The van der Waals surface area contributed by atoms with Crippen molar-refractivity contribution in [2.24, 2.45) is 0 Å². The van der Waals surface area contributed by atoms with E-state index in [1.807, 2.05) is 24.3 Å². The smallest absolute Gasteiger partial charge is 0.171 e. The molecule has 5 nitrogen and oxygen atoms in total. The maximum Gasteiger partial charge on any atom is 0.171 e. The summed E-state index contributed by atoms with van der Waals surface area (Å²) in [6.45, 7) is 0. The molecular formula is C14H13N5S2. The number of hydrogen-bond donors (Lipinski definition) is 3. The number of rotatable bonds is 3. The van der Waals surface area contributed by atoms with Gasteiger partial charge in [0.1, 0.15) is 10.7 Å². The van der Waals surface area contributed by atoms with Gasteiger partial charge in [0.15, 0.2) is 10.9 Å². The SMILES string of the molecule is S=C(Nc1scnc1-c1nc2ccccc2[nH]1)NC1CC1. The molecule has 0 unspecified atom stereocenters. The van der Waals surface area contributed by atoms with Crippen molar-refractivity contribution in [3.05, 3.63) is 29.8 Å². The Kier molecular flexibility index (Phi) is 3.08. The van der Waals surface area contributed by atoms with Gasteiger partial charge in [0, 0.05) is 6.04 Å². The van der Waals surface area contributed by atoms with Crippen LogP contribution in [0, 0.1) is 0 Å². The largest absolute Gasteiger partial charge is 0.360 e. The molecule has 1 fully saturated rings. The number of nitrogens with zero attached hydrogens (tertiary/aromatic N) is 2. The quantitative estimate of drug-likeness (QED) is 0.648. The summed E-state index contributed by atoms with van der Waals surface area (Å²) in [5.41, 5.74) is 4.54. The maximum absolute atomic E-state index is 5.32. The Morgan fingerprint density at radius 3 is 3.00 bits per heavy atom. The molecule has 0 saturated heterocycles. The van der Waals surface area contributed by atoms with Crippen molar-refractivity contribution in [2.75, 3.05) is 5.32 Å². The van der Waals surface area contributed by atoms with E-state index in [0.717, 1.165) is 27.6 Å². The summed E-state index contributed by atoms with van der Waals surface area (Å²) in [7, 11) is 0. The van der Waals surface area contributed by atoms with Crippen LogP contribution in [0.5, 0.6) is 0 Å². The molecule has 0 atom stereocenters. The predicted molar refractivity (Wildman–Crippen MR) is 89.6 cm³/mol. The molecule has 0 amide bonds. The summed E-state index contributed by atoms with van der Waals surface area (Å²) in [4.78, 5) is 12.3. The monoisotopic (exact) mass is 315 g/mol. The number of aromatic nitrogens is 3. The molecule has 1 aliphatic carbocycles. The van der Waals surface area contributed by atoms with Crippen LogP contribution in [0.4, 0.5) is 5.00 Å². The Morgan fingerprint density at radius 1 is 1.33 bits per heavy atom. The van der Waals surface area contributed by atoms with Crippen LogP contribution in [0.1, 0.15) is 12.8 Å². The van der Waals surface area contributed by atoms with Crippen LogP contribution in [0.15, 0.2) is 29.8 Å². The van der Waals surface area contributed by atoms with Crippen LogP contribution in [-0.2, 0) is 0 Å². The fourth-order valence-corrected chi connectivity index (χ4v) is 3.14. The Bertz CT molecular complexity index is 769. The lowest BCUT2D eigenvalue weighted by Crippen LogP contribution is -2.29. The van der Waals surface area contributed by atoms with Gasteiger partial charge in [0.2, 0.25) is 0 Å². The molecular weight excluding hydrogens is 302 g/mol. The highest BCUT2D eigenvalue weighted by atomic mass is 32.1. The van der Waals surface area contributed by atoms with E-state index in [9.17, 15) is 0 Å². The van der Waals surface area contributed by atoms with E-state index in [2.05, 4.69) is 25.6 Å². The summed E-state index contributed by atoms with van der Waals surface area (Å²) >= 11 is 6.84. The van der Waals surface area contributed by atoms with Crippen molar-refractivity contribution < 1.29 is 0 Å². The number of anilines is 1. The highest BCUT2D eigenvalue weighted by Gasteiger charge is 2.22. The second-order valence-corrected chi connectivity index (χ2v) is 6.27. The number of hydrogen-bond acceptors (Lipinski definition) is 4. The average Bonchev–Trinajstić information content (AvgIpc) is 3.01. The third-order valence-electron chi connectivity index (χ3n) is 3.32. The second kappa shape index (κ2) is 5.09. The van der Waals surface area contributed by atoms with Crippen LogP contribution < -0.4 is 10.6 Å². The van der Waals surface area contributed by atoms with Gasteiger partial charge in [-0.1, -0.05) is 12.1 Å². The predicted octanol–water partition coefficient (Wildman–Crippen LogP) is 3.14. The standard InChI is InChI=1S/C14H13N5S2/c20-14(16-8-5-6-8)19-13-11(15-7-21-13)12-17-9-3-1-2-4-10(9)18-12/h1-4,7-8H,5-6H2,(H,17,18)(H2,16,19,20). The number of thiazole rings is 1. The lowest BCUT2D eigenvalue weighted by atomic mass is 10.3. The van der Waals surface area contributed by atoms with E-state index < -0.39 is 0 Å². The molecule has 0 bridgehead atoms. The van der Waals surface area contributed by atoms with Gasteiger partial charge in [-0.25, -0.2) is 9.97 Å². The van der Waals surface area contributed by atoms with Gasteiger partial charge in [-0.05, 0) is 37.2 Å². The minimum Gasteiger partial charge on any atom is -0.360 e. The summed E-state index contributed by atoms with van der Waals surface area (Å²) in [6.07, 6.45) is 2.39. The second-order valence-electron chi connectivity index (χ2n) is 5.01.